The van der Waals surface area contributed by atoms with E-state index in [-0.39, 0.29) is 0 Å². The smallest absolute Gasteiger partial charge is 0.137 e. The van der Waals surface area contributed by atoms with Gasteiger partial charge in [-0.15, -0.1) is 0 Å². The molecule has 0 fully saturated rings. The Morgan fingerprint density at radius 3 is 2.24 bits per heavy atom. The molecule has 1 aromatic rings. The van der Waals surface area contributed by atoms with Crippen LogP contribution in [0.25, 0.3) is 0 Å². The molecule has 1 N–H and O–H groups in total. The minimum atomic E-state index is 0.328. The highest BCUT2D eigenvalue weighted by Gasteiger charge is 2.17. The summed E-state index contributed by atoms with van der Waals surface area (Å²) in [4.78, 5) is 14.1. The van der Waals surface area contributed by atoms with E-state index in [0.29, 0.717) is 5.92 Å². The maximum Gasteiger partial charge on any atom is 0.137 e. The third-order valence-corrected chi connectivity index (χ3v) is 3.50. The van der Waals surface area contributed by atoms with E-state index in [0.717, 1.165) is 49.1 Å². The SMILES string of the molecule is CCCN(CCN(C)C)c1nc(C(C)C)nc(NC)c1C. The van der Waals surface area contributed by atoms with Gasteiger partial charge in [0.05, 0.1) is 0 Å². The Hall–Kier alpha value is -1.36. The van der Waals surface area contributed by atoms with Gasteiger partial charge < -0.3 is 15.1 Å². The predicted octanol–water partition coefficient (Wildman–Crippen LogP) is 2.73. The summed E-state index contributed by atoms with van der Waals surface area (Å²) < 4.78 is 0. The molecule has 0 saturated carbocycles. The van der Waals surface area contributed by atoms with Gasteiger partial charge in [0, 0.05) is 38.2 Å². The Kier molecular flexibility index (Phi) is 6.89. The summed E-state index contributed by atoms with van der Waals surface area (Å²) in [5.41, 5.74) is 1.13. The third-order valence-electron chi connectivity index (χ3n) is 3.50. The summed E-state index contributed by atoms with van der Waals surface area (Å²) in [5, 5.41) is 3.20. The zero-order valence-corrected chi connectivity index (χ0v) is 14.7. The second-order valence-corrected chi connectivity index (χ2v) is 6.07. The third kappa shape index (κ3) is 4.84. The predicted molar refractivity (Wildman–Crippen MR) is 91.5 cm³/mol. The lowest BCUT2D eigenvalue weighted by Crippen LogP contribution is -2.34. The summed E-state index contributed by atoms with van der Waals surface area (Å²) in [6.07, 6.45) is 1.11. The van der Waals surface area contributed by atoms with Crippen LogP contribution in [0.4, 0.5) is 11.6 Å². The molecule has 0 unspecified atom stereocenters. The molecule has 0 radical (unpaired) electrons. The minimum absolute atomic E-state index is 0.328. The maximum absolute atomic E-state index is 4.83. The van der Waals surface area contributed by atoms with E-state index < -0.39 is 0 Å². The van der Waals surface area contributed by atoms with Gasteiger partial charge in [0.1, 0.15) is 17.5 Å². The minimum Gasteiger partial charge on any atom is -0.373 e. The first-order chi connectivity index (χ1) is 9.90. The molecule has 1 heterocycles. The van der Waals surface area contributed by atoms with Gasteiger partial charge in [-0.2, -0.15) is 0 Å². The molecule has 0 saturated heterocycles. The molecule has 0 aliphatic heterocycles. The normalized spacial score (nSPS) is 11.3. The van der Waals surface area contributed by atoms with E-state index in [1.165, 1.54) is 0 Å². The van der Waals surface area contributed by atoms with Crippen LogP contribution in [0.15, 0.2) is 0 Å². The lowest BCUT2D eigenvalue weighted by molar-refractivity contribution is 0.412. The van der Waals surface area contributed by atoms with Gasteiger partial charge >= 0.3 is 0 Å². The molecule has 1 aromatic heterocycles. The Labute approximate surface area is 129 Å². The van der Waals surface area contributed by atoms with E-state index in [1.807, 2.05) is 7.05 Å². The van der Waals surface area contributed by atoms with Crippen LogP contribution in [0.3, 0.4) is 0 Å². The van der Waals surface area contributed by atoms with Gasteiger partial charge in [0.25, 0.3) is 0 Å². The topological polar surface area (TPSA) is 44.3 Å². The van der Waals surface area contributed by atoms with Crippen LogP contribution in [-0.2, 0) is 0 Å². The van der Waals surface area contributed by atoms with E-state index >= 15 is 0 Å². The maximum atomic E-state index is 4.83. The van der Waals surface area contributed by atoms with Crippen molar-refractivity contribution in [1.82, 2.24) is 14.9 Å². The zero-order chi connectivity index (χ0) is 16.0. The molecular weight excluding hydrogens is 262 g/mol. The average molecular weight is 293 g/mol. The van der Waals surface area contributed by atoms with E-state index in [9.17, 15) is 0 Å². The summed E-state index contributed by atoms with van der Waals surface area (Å²) in [6, 6.07) is 0. The monoisotopic (exact) mass is 293 g/mol. The van der Waals surface area contributed by atoms with Crippen LogP contribution in [0.2, 0.25) is 0 Å². The summed E-state index contributed by atoms with van der Waals surface area (Å²) in [7, 11) is 6.14. The first kappa shape index (κ1) is 17.7. The summed E-state index contributed by atoms with van der Waals surface area (Å²) in [5.74, 6) is 3.25. The number of likely N-dealkylation sites (N-methyl/N-ethyl adjacent to an activating group) is 1. The molecule has 5 heteroatoms. The largest absolute Gasteiger partial charge is 0.373 e. The molecule has 0 aliphatic carbocycles. The first-order valence-electron chi connectivity index (χ1n) is 7.86. The van der Waals surface area contributed by atoms with Crippen molar-refractivity contribution < 1.29 is 0 Å². The molecule has 0 amide bonds. The van der Waals surface area contributed by atoms with Gasteiger partial charge in [0.15, 0.2) is 0 Å². The van der Waals surface area contributed by atoms with Crippen LogP contribution in [0.5, 0.6) is 0 Å². The fourth-order valence-corrected chi connectivity index (χ4v) is 2.25. The lowest BCUT2D eigenvalue weighted by atomic mass is 10.2. The number of hydrogen-bond acceptors (Lipinski definition) is 5. The summed E-state index contributed by atoms with van der Waals surface area (Å²) in [6.45, 7) is 11.6. The molecule has 0 spiro atoms. The van der Waals surface area contributed by atoms with Gasteiger partial charge in [-0.25, -0.2) is 9.97 Å². The highest BCUT2D eigenvalue weighted by Crippen LogP contribution is 2.26. The molecule has 0 aliphatic rings. The lowest BCUT2D eigenvalue weighted by Gasteiger charge is -2.27. The Morgan fingerprint density at radius 2 is 1.76 bits per heavy atom. The van der Waals surface area contributed by atoms with Crippen molar-refractivity contribution >= 4 is 11.6 Å². The standard InChI is InChI=1S/C16H31N5/c1-8-9-21(11-10-20(6)7)16-13(4)15(17-5)18-14(19-16)12(2)3/h12H,8-11H2,1-7H3,(H,17,18,19). The molecule has 21 heavy (non-hydrogen) atoms. The van der Waals surface area contributed by atoms with Gasteiger partial charge in [-0.1, -0.05) is 20.8 Å². The van der Waals surface area contributed by atoms with Crippen LogP contribution >= 0.6 is 0 Å². The molecular formula is C16H31N5. The van der Waals surface area contributed by atoms with Crippen molar-refractivity contribution in [3.63, 3.8) is 0 Å². The highest BCUT2D eigenvalue weighted by atomic mass is 15.2. The van der Waals surface area contributed by atoms with Crippen molar-refractivity contribution in [1.29, 1.82) is 0 Å². The fourth-order valence-electron chi connectivity index (χ4n) is 2.25. The van der Waals surface area contributed by atoms with E-state index in [1.54, 1.807) is 0 Å². The number of anilines is 2. The average Bonchev–Trinajstić information content (AvgIpc) is 2.43. The first-order valence-corrected chi connectivity index (χ1v) is 7.86. The van der Waals surface area contributed by atoms with Crippen molar-refractivity contribution in [2.45, 2.75) is 40.0 Å². The van der Waals surface area contributed by atoms with Gasteiger partial charge in [-0.3, -0.25) is 0 Å². The van der Waals surface area contributed by atoms with E-state index in [2.05, 4.69) is 61.9 Å². The number of aromatic nitrogens is 2. The zero-order valence-electron chi connectivity index (χ0n) is 14.7. The Balaban J connectivity index is 3.18. The molecule has 0 aromatic carbocycles. The van der Waals surface area contributed by atoms with Gasteiger partial charge in [0.2, 0.25) is 0 Å². The van der Waals surface area contributed by atoms with Crippen LogP contribution in [-0.4, -0.2) is 55.6 Å². The van der Waals surface area contributed by atoms with Crippen LogP contribution in [0.1, 0.15) is 44.5 Å². The second-order valence-electron chi connectivity index (χ2n) is 6.07. The van der Waals surface area contributed by atoms with Crippen molar-refractivity contribution in [3.05, 3.63) is 11.4 Å². The van der Waals surface area contributed by atoms with Crippen molar-refractivity contribution in [2.24, 2.45) is 0 Å². The number of nitrogens with zero attached hydrogens (tertiary/aromatic N) is 4. The Morgan fingerprint density at radius 1 is 1.10 bits per heavy atom. The number of nitrogens with one attached hydrogen (secondary N) is 1. The van der Waals surface area contributed by atoms with Crippen molar-refractivity contribution in [3.8, 4) is 0 Å². The molecule has 1 rings (SSSR count). The van der Waals surface area contributed by atoms with Crippen LogP contribution in [0, 0.1) is 6.92 Å². The number of rotatable bonds is 8. The highest BCUT2D eigenvalue weighted by molar-refractivity contribution is 5.58. The summed E-state index contributed by atoms with van der Waals surface area (Å²) >= 11 is 0. The molecule has 0 bridgehead atoms. The van der Waals surface area contributed by atoms with Gasteiger partial charge in [-0.05, 0) is 27.4 Å². The van der Waals surface area contributed by atoms with Crippen molar-refractivity contribution in [2.75, 3.05) is 51.0 Å². The second kappa shape index (κ2) is 8.17. The molecule has 120 valence electrons. The van der Waals surface area contributed by atoms with E-state index in [4.69, 9.17) is 4.98 Å². The quantitative estimate of drug-likeness (QED) is 0.798. The fraction of sp³-hybridized carbons (Fsp3) is 0.750. The Bertz CT molecular complexity index is 443. The van der Waals surface area contributed by atoms with Crippen LogP contribution < -0.4 is 10.2 Å². The molecule has 5 nitrogen and oxygen atoms in total. The molecule has 0 atom stereocenters. The number of hydrogen-bond donors (Lipinski definition) is 1.